The summed E-state index contributed by atoms with van der Waals surface area (Å²) in [6, 6.07) is 16.1. The summed E-state index contributed by atoms with van der Waals surface area (Å²) in [6.07, 6.45) is 1.71. The van der Waals surface area contributed by atoms with E-state index in [1.807, 2.05) is 30.3 Å². The van der Waals surface area contributed by atoms with Crippen molar-refractivity contribution in [3.63, 3.8) is 0 Å². The van der Waals surface area contributed by atoms with Crippen molar-refractivity contribution >= 4 is 29.1 Å². The Hall–Kier alpha value is -2.50. The predicted molar refractivity (Wildman–Crippen MR) is 102 cm³/mol. The quantitative estimate of drug-likeness (QED) is 0.630. The standard InChI is InChI=1S/C19H17Cl2N3O2/c1-23(11-12-26-15-6-4-5-14(20)13-15)19(25)17-9-10-24(22-17)18-8-3-2-7-16(18)21/h2-10,13H,11-12H2,1H3. The highest BCUT2D eigenvalue weighted by Gasteiger charge is 2.15. The lowest BCUT2D eigenvalue weighted by Crippen LogP contribution is -2.31. The molecule has 2 aromatic carbocycles. The van der Waals surface area contributed by atoms with E-state index in [9.17, 15) is 4.79 Å². The molecule has 5 nitrogen and oxygen atoms in total. The first-order chi connectivity index (χ1) is 12.5. The predicted octanol–water partition coefficient (Wildman–Crippen LogP) is 4.33. The molecule has 0 bridgehead atoms. The molecule has 26 heavy (non-hydrogen) atoms. The van der Waals surface area contributed by atoms with Crippen LogP contribution in [0.1, 0.15) is 10.5 Å². The number of carbonyl (C=O) groups is 1. The summed E-state index contributed by atoms with van der Waals surface area (Å²) < 4.78 is 7.20. The first-order valence-electron chi connectivity index (χ1n) is 7.99. The van der Waals surface area contributed by atoms with Gasteiger partial charge < -0.3 is 9.64 Å². The number of likely N-dealkylation sites (N-methyl/N-ethyl adjacent to an activating group) is 1. The average molecular weight is 390 g/mol. The van der Waals surface area contributed by atoms with E-state index in [4.69, 9.17) is 27.9 Å². The van der Waals surface area contributed by atoms with Crippen LogP contribution in [-0.2, 0) is 0 Å². The molecule has 0 radical (unpaired) electrons. The van der Waals surface area contributed by atoms with Gasteiger partial charge in [-0.3, -0.25) is 4.79 Å². The van der Waals surface area contributed by atoms with Crippen molar-refractivity contribution in [2.24, 2.45) is 0 Å². The number of nitrogens with zero attached hydrogens (tertiary/aromatic N) is 3. The minimum absolute atomic E-state index is 0.189. The van der Waals surface area contributed by atoms with Crippen LogP contribution in [0.4, 0.5) is 0 Å². The first kappa shape index (κ1) is 18.3. The summed E-state index contributed by atoms with van der Waals surface area (Å²) in [5.41, 5.74) is 1.07. The van der Waals surface area contributed by atoms with E-state index in [1.54, 1.807) is 47.1 Å². The zero-order chi connectivity index (χ0) is 18.5. The molecule has 0 aliphatic carbocycles. The van der Waals surface area contributed by atoms with E-state index in [2.05, 4.69) is 5.10 Å². The van der Waals surface area contributed by atoms with E-state index in [0.717, 1.165) is 5.69 Å². The van der Waals surface area contributed by atoms with Gasteiger partial charge >= 0.3 is 0 Å². The lowest BCUT2D eigenvalue weighted by atomic mass is 10.3. The molecule has 134 valence electrons. The number of hydrogen-bond donors (Lipinski definition) is 0. The van der Waals surface area contributed by atoms with Crippen molar-refractivity contribution in [3.8, 4) is 11.4 Å². The molecule has 1 aromatic heterocycles. The fraction of sp³-hybridized carbons (Fsp3) is 0.158. The Bertz CT molecular complexity index is 911. The zero-order valence-electron chi connectivity index (χ0n) is 14.1. The molecule has 0 aliphatic rings. The molecule has 1 amide bonds. The summed E-state index contributed by atoms with van der Waals surface area (Å²) in [5, 5.41) is 5.50. The Kier molecular flexibility index (Phi) is 5.81. The third kappa shape index (κ3) is 4.36. The van der Waals surface area contributed by atoms with Gasteiger partial charge in [0.15, 0.2) is 5.69 Å². The Balaban J connectivity index is 1.59. The van der Waals surface area contributed by atoms with Crippen LogP contribution in [0.3, 0.4) is 0 Å². The first-order valence-corrected chi connectivity index (χ1v) is 8.74. The molecule has 3 rings (SSSR count). The molecule has 0 unspecified atom stereocenters. The van der Waals surface area contributed by atoms with Gasteiger partial charge in [0, 0.05) is 18.3 Å². The van der Waals surface area contributed by atoms with E-state index in [-0.39, 0.29) is 5.91 Å². The normalized spacial score (nSPS) is 10.6. The van der Waals surface area contributed by atoms with Crippen molar-refractivity contribution in [2.75, 3.05) is 20.2 Å². The molecule has 0 aliphatic heterocycles. The highest BCUT2D eigenvalue weighted by atomic mass is 35.5. The third-order valence-corrected chi connectivity index (χ3v) is 4.30. The maximum atomic E-state index is 12.5. The van der Waals surface area contributed by atoms with Crippen molar-refractivity contribution in [2.45, 2.75) is 0 Å². The van der Waals surface area contributed by atoms with Crippen LogP contribution in [-0.4, -0.2) is 40.8 Å². The average Bonchev–Trinajstić information content (AvgIpc) is 3.11. The van der Waals surface area contributed by atoms with Crippen molar-refractivity contribution in [1.29, 1.82) is 0 Å². The molecule has 3 aromatic rings. The fourth-order valence-electron chi connectivity index (χ4n) is 2.36. The van der Waals surface area contributed by atoms with E-state index in [0.29, 0.717) is 34.6 Å². The zero-order valence-corrected chi connectivity index (χ0v) is 15.6. The molecule has 0 spiro atoms. The molecule has 0 saturated heterocycles. The highest BCUT2D eigenvalue weighted by molar-refractivity contribution is 6.32. The number of para-hydroxylation sites is 1. The lowest BCUT2D eigenvalue weighted by Gasteiger charge is -2.16. The Morgan fingerprint density at radius 1 is 1.15 bits per heavy atom. The molecular formula is C19H17Cl2N3O2. The maximum Gasteiger partial charge on any atom is 0.274 e. The monoisotopic (exact) mass is 389 g/mol. The smallest absolute Gasteiger partial charge is 0.274 e. The maximum absolute atomic E-state index is 12.5. The number of amides is 1. The number of carbonyl (C=O) groups excluding carboxylic acids is 1. The van der Waals surface area contributed by atoms with Gasteiger partial charge in [0.25, 0.3) is 5.91 Å². The number of rotatable bonds is 6. The molecule has 0 fully saturated rings. The van der Waals surface area contributed by atoms with Gasteiger partial charge in [0.05, 0.1) is 17.3 Å². The molecule has 0 N–H and O–H groups in total. The second-order valence-corrected chi connectivity index (χ2v) is 6.47. The molecule has 0 atom stereocenters. The largest absolute Gasteiger partial charge is 0.492 e. The van der Waals surface area contributed by atoms with Crippen molar-refractivity contribution in [1.82, 2.24) is 14.7 Å². The Morgan fingerprint density at radius 3 is 2.73 bits per heavy atom. The molecule has 0 saturated carbocycles. The lowest BCUT2D eigenvalue weighted by molar-refractivity contribution is 0.0767. The summed E-state index contributed by atoms with van der Waals surface area (Å²) >= 11 is 12.1. The van der Waals surface area contributed by atoms with E-state index >= 15 is 0 Å². The second kappa shape index (κ2) is 8.25. The number of ether oxygens (including phenoxy) is 1. The Labute approximate surface area is 161 Å². The topological polar surface area (TPSA) is 47.4 Å². The summed E-state index contributed by atoms with van der Waals surface area (Å²) in [5.74, 6) is 0.479. The second-order valence-electron chi connectivity index (χ2n) is 5.63. The van der Waals surface area contributed by atoms with Gasteiger partial charge in [-0.2, -0.15) is 5.10 Å². The fourth-order valence-corrected chi connectivity index (χ4v) is 2.77. The van der Waals surface area contributed by atoms with Gasteiger partial charge in [-0.25, -0.2) is 4.68 Å². The van der Waals surface area contributed by atoms with Crippen LogP contribution in [0.5, 0.6) is 5.75 Å². The van der Waals surface area contributed by atoms with Crippen LogP contribution < -0.4 is 4.74 Å². The van der Waals surface area contributed by atoms with Gasteiger partial charge in [0.2, 0.25) is 0 Å². The minimum Gasteiger partial charge on any atom is -0.492 e. The molecule has 1 heterocycles. The SMILES string of the molecule is CN(CCOc1cccc(Cl)c1)C(=O)c1ccn(-c2ccccc2Cl)n1. The molecular weight excluding hydrogens is 373 g/mol. The van der Waals surface area contributed by atoms with Gasteiger partial charge in [-0.15, -0.1) is 0 Å². The van der Waals surface area contributed by atoms with E-state index in [1.165, 1.54) is 0 Å². The van der Waals surface area contributed by atoms with Crippen molar-refractivity contribution < 1.29 is 9.53 Å². The van der Waals surface area contributed by atoms with Crippen LogP contribution in [0.25, 0.3) is 5.69 Å². The van der Waals surface area contributed by atoms with Gasteiger partial charge in [-0.05, 0) is 36.4 Å². The van der Waals surface area contributed by atoms with E-state index < -0.39 is 0 Å². The van der Waals surface area contributed by atoms with Crippen LogP contribution >= 0.6 is 23.2 Å². The van der Waals surface area contributed by atoms with Crippen LogP contribution in [0.2, 0.25) is 10.0 Å². The van der Waals surface area contributed by atoms with Crippen LogP contribution in [0, 0.1) is 0 Å². The number of aromatic nitrogens is 2. The van der Waals surface area contributed by atoms with Gasteiger partial charge in [-0.1, -0.05) is 41.4 Å². The number of hydrogen-bond acceptors (Lipinski definition) is 3. The summed E-state index contributed by atoms with van der Waals surface area (Å²) in [6.45, 7) is 0.776. The highest BCUT2D eigenvalue weighted by Crippen LogP contribution is 2.19. The summed E-state index contributed by atoms with van der Waals surface area (Å²) in [4.78, 5) is 14.1. The van der Waals surface area contributed by atoms with Crippen molar-refractivity contribution in [3.05, 3.63) is 76.5 Å². The minimum atomic E-state index is -0.189. The Morgan fingerprint density at radius 2 is 1.96 bits per heavy atom. The number of benzene rings is 2. The van der Waals surface area contributed by atoms with Crippen LogP contribution in [0.15, 0.2) is 60.8 Å². The number of halogens is 2. The third-order valence-electron chi connectivity index (χ3n) is 3.75. The molecule has 7 heteroatoms. The van der Waals surface area contributed by atoms with Gasteiger partial charge in [0.1, 0.15) is 12.4 Å². The summed E-state index contributed by atoms with van der Waals surface area (Å²) in [7, 11) is 1.71.